The van der Waals surface area contributed by atoms with Gasteiger partial charge < -0.3 is 4.74 Å². The van der Waals surface area contributed by atoms with E-state index < -0.39 is 0 Å². The summed E-state index contributed by atoms with van der Waals surface area (Å²) in [6.07, 6.45) is 1.01. The first-order chi connectivity index (χ1) is 6.43. The summed E-state index contributed by atoms with van der Waals surface area (Å²) in [6, 6.07) is 2.13. The Bertz CT molecular complexity index is 201. The zero-order valence-corrected chi connectivity index (χ0v) is 8.60. The van der Waals surface area contributed by atoms with E-state index in [-0.39, 0.29) is 0 Å². The highest BCUT2D eigenvalue weighted by molar-refractivity contribution is 7.07. The molecule has 0 aliphatic heterocycles. The molecule has 0 aliphatic rings. The Morgan fingerprint density at radius 3 is 3.08 bits per heavy atom. The third kappa shape index (κ3) is 5.00. The van der Waals surface area contributed by atoms with Crippen LogP contribution in [0.25, 0.3) is 0 Å². The smallest absolute Gasteiger partial charge is 0.0915 e. The maximum atomic E-state index is 5.10. The van der Waals surface area contributed by atoms with Gasteiger partial charge in [0.25, 0.3) is 0 Å². The first-order valence-electron chi connectivity index (χ1n) is 4.28. The second-order valence-corrected chi connectivity index (χ2v) is 3.40. The van der Waals surface area contributed by atoms with Gasteiger partial charge in [-0.15, -0.1) is 0 Å². The Labute approximate surface area is 82.6 Å². The average molecular weight is 201 g/mol. The van der Waals surface area contributed by atoms with E-state index in [9.17, 15) is 0 Å². The number of methoxy groups -OCH3 is 1. The van der Waals surface area contributed by atoms with Crippen LogP contribution in [0.5, 0.6) is 0 Å². The Balaban J connectivity index is 1.90. The standard InChI is InChI=1S/C9H15NO2S/c1-11-5-6-12-10-4-2-9-3-7-13-8-9/h3,7-8,10H,2,4-6H2,1H3. The predicted molar refractivity (Wildman–Crippen MR) is 53.9 cm³/mol. The van der Waals surface area contributed by atoms with Crippen LogP contribution >= 0.6 is 11.3 Å². The summed E-state index contributed by atoms with van der Waals surface area (Å²) in [7, 11) is 1.66. The van der Waals surface area contributed by atoms with Crippen molar-refractivity contribution in [1.82, 2.24) is 5.48 Å². The number of hydroxylamine groups is 1. The minimum atomic E-state index is 0.597. The van der Waals surface area contributed by atoms with Gasteiger partial charge in [-0.3, -0.25) is 4.84 Å². The van der Waals surface area contributed by atoms with Crippen LogP contribution in [0.1, 0.15) is 5.56 Å². The normalized spacial score (nSPS) is 10.5. The number of hydrogen-bond acceptors (Lipinski definition) is 4. The lowest BCUT2D eigenvalue weighted by Gasteiger charge is -2.03. The molecule has 0 unspecified atom stereocenters. The summed E-state index contributed by atoms with van der Waals surface area (Å²) in [5.41, 5.74) is 4.24. The van der Waals surface area contributed by atoms with Crippen LogP contribution in [-0.2, 0) is 16.0 Å². The van der Waals surface area contributed by atoms with Gasteiger partial charge in [-0.05, 0) is 28.8 Å². The summed E-state index contributed by atoms with van der Waals surface area (Å²) in [4.78, 5) is 5.10. The van der Waals surface area contributed by atoms with Crippen molar-refractivity contribution < 1.29 is 9.57 Å². The molecule has 0 fully saturated rings. The van der Waals surface area contributed by atoms with Crippen molar-refractivity contribution in [2.24, 2.45) is 0 Å². The van der Waals surface area contributed by atoms with Crippen molar-refractivity contribution in [3.8, 4) is 0 Å². The summed E-state index contributed by atoms with van der Waals surface area (Å²) in [5.74, 6) is 0. The number of rotatable bonds is 7. The molecule has 0 aromatic carbocycles. The van der Waals surface area contributed by atoms with Crippen LogP contribution in [0.3, 0.4) is 0 Å². The molecule has 13 heavy (non-hydrogen) atoms. The lowest BCUT2D eigenvalue weighted by atomic mass is 10.2. The zero-order valence-electron chi connectivity index (χ0n) is 7.79. The first-order valence-corrected chi connectivity index (χ1v) is 5.22. The molecule has 74 valence electrons. The van der Waals surface area contributed by atoms with Crippen LogP contribution in [-0.4, -0.2) is 26.9 Å². The topological polar surface area (TPSA) is 30.5 Å². The van der Waals surface area contributed by atoms with Crippen molar-refractivity contribution >= 4 is 11.3 Å². The molecule has 1 N–H and O–H groups in total. The van der Waals surface area contributed by atoms with Crippen LogP contribution in [0.4, 0.5) is 0 Å². The molecule has 0 atom stereocenters. The van der Waals surface area contributed by atoms with Gasteiger partial charge in [-0.2, -0.15) is 11.3 Å². The molecule has 4 heteroatoms. The van der Waals surface area contributed by atoms with Crippen molar-refractivity contribution in [3.05, 3.63) is 22.4 Å². The largest absolute Gasteiger partial charge is 0.382 e. The molecular formula is C9H15NO2S. The van der Waals surface area contributed by atoms with E-state index in [4.69, 9.17) is 9.57 Å². The number of hydrogen-bond donors (Lipinski definition) is 1. The quantitative estimate of drug-likeness (QED) is 0.535. The summed E-state index contributed by atoms with van der Waals surface area (Å²) in [5, 5.41) is 4.23. The van der Waals surface area contributed by atoms with Gasteiger partial charge in [-0.25, -0.2) is 5.48 Å². The van der Waals surface area contributed by atoms with E-state index in [1.54, 1.807) is 18.4 Å². The fraction of sp³-hybridized carbons (Fsp3) is 0.556. The van der Waals surface area contributed by atoms with Gasteiger partial charge in [-0.1, -0.05) is 0 Å². The van der Waals surface area contributed by atoms with Gasteiger partial charge in [0.2, 0.25) is 0 Å². The predicted octanol–water partition coefficient (Wildman–Crippen LogP) is 1.46. The lowest BCUT2D eigenvalue weighted by Crippen LogP contribution is -2.20. The molecule has 1 rings (SSSR count). The molecule has 0 saturated heterocycles. The fourth-order valence-corrected chi connectivity index (χ4v) is 1.60. The highest BCUT2D eigenvalue weighted by atomic mass is 32.1. The van der Waals surface area contributed by atoms with Gasteiger partial charge in [0, 0.05) is 13.7 Å². The molecule has 0 amide bonds. The Morgan fingerprint density at radius 2 is 2.38 bits per heavy atom. The van der Waals surface area contributed by atoms with Gasteiger partial charge in [0.1, 0.15) is 0 Å². The molecule has 0 saturated carbocycles. The first kappa shape index (κ1) is 10.7. The number of ether oxygens (including phenoxy) is 1. The van der Waals surface area contributed by atoms with E-state index >= 15 is 0 Å². The van der Waals surface area contributed by atoms with Crippen molar-refractivity contribution in [3.63, 3.8) is 0 Å². The molecule has 0 aliphatic carbocycles. The van der Waals surface area contributed by atoms with Crippen LogP contribution in [0, 0.1) is 0 Å². The minimum absolute atomic E-state index is 0.597. The second kappa shape index (κ2) is 7.03. The van der Waals surface area contributed by atoms with E-state index in [1.807, 2.05) is 0 Å². The van der Waals surface area contributed by atoms with E-state index in [0.717, 1.165) is 13.0 Å². The van der Waals surface area contributed by atoms with Crippen molar-refractivity contribution in [2.45, 2.75) is 6.42 Å². The molecule has 1 aromatic heterocycles. The monoisotopic (exact) mass is 201 g/mol. The van der Waals surface area contributed by atoms with Crippen LogP contribution in [0.2, 0.25) is 0 Å². The summed E-state index contributed by atoms with van der Waals surface area (Å²) < 4.78 is 4.83. The zero-order chi connectivity index (χ0) is 9.36. The average Bonchev–Trinajstić information content (AvgIpc) is 2.63. The minimum Gasteiger partial charge on any atom is -0.382 e. The molecule has 1 heterocycles. The lowest BCUT2D eigenvalue weighted by molar-refractivity contribution is 0.00760. The van der Waals surface area contributed by atoms with E-state index in [2.05, 4.69) is 22.3 Å². The highest BCUT2D eigenvalue weighted by Crippen LogP contribution is 2.05. The van der Waals surface area contributed by atoms with Crippen LogP contribution < -0.4 is 5.48 Å². The summed E-state index contributed by atoms with van der Waals surface area (Å²) in [6.45, 7) is 2.08. The molecule has 0 bridgehead atoms. The second-order valence-electron chi connectivity index (χ2n) is 2.62. The maximum Gasteiger partial charge on any atom is 0.0915 e. The molecule has 3 nitrogen and oxygen atoms in total. The van der Waals surface area contributed by atoms with Crippen molar-refractivity contribution in [2.75, 3.05) is 26.9 Å². The van der Waals surface area contributed by atoms with Crippen LogP contribution in [0.15, 0.2) is 16.8 Å². The third-order valence-corrected chi connectivity index (χ3v) is 2.32. The Kier molecular flexibility index (Phi) is 5.76. The van der Waals surface area contributed by atoms with Gasteiger partial charge in [0.15, 0.2) is 0 Å². The van der Waals surface area contributed by atoms with Crippen molar-refractivity contribution in [1.29, 1.82) is 0 Å². The number of thiophene rings is 1. The van der Waals surface area contributed by atoms with E-state index in [0.29, 0.717) is 13.2 Å². The Morgan fingerprint density at radius 1 is 1.46 bits per heavy atom. The third-order valence-electron chi connectivity index (χ3n) is 1.59. The summed E-state index contributed by atoms with van der Waals surface area (Å²) >= 11 is 1.72. The molecular weight excluding hydrogens is 186 g/mol. The highest BCUT2D eigenvalue weighted by Gasteiger charge is 1.92. The SMILES string of the molecule is COCCONCCc1ccsc1. The molecule has 0 spiro atoms. The van der Waals surface area contributed by atoms with Gasteiger partial charge in [0.05, 0.1) is 13.2 Å². The molecule has 1 aromatic rings. The maximum absolute atomic E-state index is 5.10. The van der Waals surface area contributed by atoms with E-state index in [1.165, 1.54) is 5.56 Å². The Hall–Kier alpha value is -0.420. The van der Waals surface area contributed by atoms with Gasteiger partial charge >= 0.3 is 0 Å². The fourth-order valence-electron chi connectivity index (χ4n) is 0.900. The molecule has 0 radical (unpaired) electrons. The number of nitrogens with one attached hydrogen (secondary N) is 1.